The Morgan fingerprint density at radius 1 is 1.18 bits per heavy atom. The highest BCUT2D eigenvalue weighted by Gasteiger charge is 2.30. The smallest absolute Gasteiger partial charge is 0.341 e. The molecule has 1 aromatic heterocycles. The van der Waals surface area contributed by atoms with Gasteiger partial charge >= 0.3 is 5.97 Å². The van der Waals surface area contributed by atoms with Crippen LogP contribution in [0.5, 0.6) is 5.75 Å². The summed E-state index contributed by atoms with van der Waals surface area (Å²) in [4.78, 5) is 42.2. The summed E-state index contributed by atoms with van der Waals surface area (Å²) in [5.74, 6) is -1.06. The number of amides is 1. The molecule has 0 saturated carbocycles. The van der Waals surface area contributed by atoms with E-state index in [4.69, 9.17) is 14.3 Å². The molecule has 0 spiro atoms. The monoisotopic (exact) mass is 458 g/mol. The second kappa shape index (κ2) is 10.2. The van der Waals surface area contributed by atoms with E-state index in [9.17, 15) is 19.5 Å². The SMILES string of the molecule is COCCCOc1cc2c(cc1C(=O)N(C)OC)-c1cc(=O)c(C(=O)O)cn1C(C(C)C)C2. The van der Waals surface area contributed by atoms with E-state index in [1.807, 2.05) is 24.5 Å². The zero-order chi connectivity index (χ0) is 24.3. The first kappa shape index (κ1) is 24.5. The maximum atomic E-state index is 13.0. The van der Waals surface area contributed by atoms with E-state index < -0.39 is 17.3 Å². The highest BCUT2D eigenvalue weighted by atomic mass is 16.7. The van der Waals surface area contributed by atoms with Crippen LogP contribution in [-0.2, 0) is 16.0 Å². The van der Waals surface area contributed by atoms with Crippen LogP contribution in [0.2, 0.25) is 0 Å². The number of aromatic nitrogens is 1. The standard InChI is InChI=1S/C24H30N2O7/c1-14(2)19-9-15-10-22(33-8-6-7-31-4)17(23(28)25(3)32-5)11-16(15)20-12-21(27)18(24(29)30)13-26(19)20/h10-14,19H,6-9H2,1-5H3,(H,29,30). The molecular formula is C24H30N2O7. The third kappa shape index (κ3) is 4.94. The number of carboxylic acids is 1. The maximum absolute atomic E-state index is 13.0. The highest BCUT2D eigenvalue weighted by molar-refractivity contribution is 5.98. The molecule has 2 aromatic rings. The molecule has 1 atom stereocenters. The van der Waals surface area contributed by atoms with Gasteiger partial charge in [0.15, 0.2) is 5.43 Å². The van der Waals surface area contributed by atoms with Crippen LogP contribution in [0.3, 0.4) is 0 Å². The number of nitrogens with zero attached hydrogens (tertiary/aromatic N) is 2. The van der Waals surface area contributed by atoms with Gasteiger partial charge in [-0.2, -0.15) is 0 Å². The normalized spacial score (nSPS) is 14.5. The molecule has 178 valence electrons. The number of carbonyl (C=O) groups excluding carboxylic acids is 1. The molecule has 2 heterocycles. The topological polar surface area (TPSA) is 107 Å². The predicted octanol–water partition coefficient (Wildman–Crippen LogP) is 3.02. The third-order valence-corrected chi connectivity index (χ3v) is 5.89. The summed E-state index contributed by atoms with van der Waals surface area (Å²) in [7, 11) is 4.51. The summed E-state index contributed by atoms with van der Waals surface area (Å²) in [6.07, 6.45) is 2.67. The van der Waals surface area contributed by atoms with E-state index in [2.05, 4.69) is 0 Å². The summed E-state index contributed by atoms with van der Waals surface area (Å²) < 4.78 is 12.9. The summed E-state index contributed by atoms with van der Waals surface area (Å²) in [6, 6.07) is 4.81. The molecule has 9 heteroatoms. The average molecular weight is 459 g/mol. The van der Waals surface area contributed by atoms with Crippen molar-refractivity contribution in [3.8, 4) is 17.0 Å². The van der Waals surface area contributed by atoms with Crippen LogP contribution in [0.1, 0.15) is 52.6 Å². The number of aromatic carboxylic acids is 1. The lowest BCUT2D eigenvalue weighted by Crippen LogP contribution is -2.29. The maximum Gasteiger partial charge on any atom is 0.341 e. The number of hydroxylamine groups is 2. The minimum Gasteiger partial charge on any atom is -0.493 e. The Morgan fingerprint density at radius 3 is 2.52 bits per heavy atom. The van der Waals surface area contributed by atoms with Gasteiger partial charge < -0.3 is 19.1 Å². The Hall–Kier alpha value is -3.17. The second-order valence-corrected chi connectivity index (χ2v) is 8.35. The predicted molar refractivity (Wildman–Crippen MR) is 122 cm³/mol. The zero-order valence-electron chi connectivity index (χ0n) is 19.6. The molecular weight excluding hydrogens is 428 g/mol. The molecule has 1 aromatic carbocycles. The number of methoxy groups -OCH3 is 1. The van der Waals surface area contributed by atoms with Gasteiger partial charge in [0.25, 0.3) is 5.91 Å². The van der Waals surface area contributed by atoms with Gasteiger partial charge in [-0.25, -0.2) is 9.86 Å². The average Bonchev–Trinajstić information content (AvgIpc) is 2.79. The number of benzene rings is 1. The van der Waals surface area contributed by atoms with E-state index in [-0.39, 0.29) is 17.5 Å². The van der Waals surface area contributed by atoms with Gasteiger partial charge in [-0.05, 0) is 30.0 Å². The lowest BCUT2D eigenvalue weighted by Gasteiger charge is -2.34. The molecule has 0 aliphatic carbocycles. The van der Waals surface area contributed by atoms with Gasteiger partial charge in [0.1, 0.15) is 11.3 Å². The number of carbonyl (C=O) groups is 2. The summed E-state index contributed by atoms with van der Waals surface area (Å²) >= 11 is 0. The summed E-state index contributed by atoms with van der Waals surface area (Å²) in [5, 5.41) is 10.5. The fraction of sp³-hybridized carbons (Fsp3) is 0.458. The Morgan fingerprint density at radius 2 is 1.91 bits per heavy atom. The minimum atomic E-state index is -1.26. The number of hydrogen-bond acceptors (Lipinski definition) is 6. The van der Waals surface area contributed by atoms with E-state index >= 15 is 0 Å². The molecule has 0 bridgehead atoms. The Labute approximate surface area is 192 Å². The van der Waals surface area contributed by atoms with Crippen LogP contribution in [-0.4, -0.2) is 61.1 Å². The molecule has 1 unspecified atom stereocenters. The molecule has 0 fully saturated rings. The van der Waals surface area contributed by atoms with Crippen LogP contribution in [0, 0.1) is 5.92 Å². The van der Waals surface area contributed by atoms with Gasteiger partial charge in [0.05, 0.1) is 25.0 Å². The first-order chi connectivity index (χ1) is 15.7. The van der Waals surface area contributed by atoms with Crippen molar-refractivity contribution < 1.29 is 29.0 Å². The van der Waals surface area contributed by atoms with Crippen molar-refractivity contribution in [1.29, 1.82) is 0 Å². The zero-order valence-corrected chi connectivity index (χ0v) is 19.6. The molecule has 1 amide bonds. The molecule has 1 N–H and O–H groups in total. The quantitative estimate of drug-likeness (QED) is 0.455. The molecule has 3 rings (SSSR count). The number of fused-ring (bicyclic) bond motifs is 3. The van der Waals surface area contributed by atoms with Crippen LogP contribution in [0.25, 0.3) is 11.3 Å². The number of hydrogen-bond donors (Lipinski definition) is 1. The number of ether oxygens (including phenoxy) is 2. The van der Waals surface area contributed by atoms with E-state index in [0.717, 1.165) is 10.6 Å². The van der Waals surface area contributed by atoms with Crippen molar-refractivity contribution in [3.05, 3.63) is 51.3 Å². The van der Waals surface area contributed by atoms with Gasteiger partial charge in [0.2, 0.25) is 0 Å². The molecule has 9 nitrogen and oxygen atoms in total. The van der Waals surface area contributed by atoms with Crippen molar-refractivity contribution in [2.75, 3.05) is 34.5 Å². The first-order valence-electron chi connectivity index (χ1n) is 10.8. The molecule has 0 saturated heterocycles. The molecule has 0 radical (unpaired) electrons. The second-order valence-electron chi connectivity index (χ2n) is 8.35. The highest BCUT2D eigenvalue weighted by Crippen LogP contribution is 2.40. The van der Waals surface area contributed by atoms with Gasteiger partial charge in [0, 0.05) is 51.1 Å². The van der Waals surface area contributed by atoms with Crippen LogP contribution < -0.4 is 10.2 Å². The Bertz CT molecular complexity index is 1110. The van der Waals surface area contributed by atoms with E-state index in [1.54, 1.807) is 13.2 Å². The number of pyridine rings is 1. The van der Waals surface area contributed by atoms with Crippen molar-refractivity contribution in [2.24, 2.45) is 5.92 Å². The van der Waals surface area contributed by atoms with Gasteiger partial charge in [-0.1, -0.05) is 13.8 Å². The molecule has 33 heavy (non-hydrogen) atoms. The third-order valence-electron chi connectivity index (χ3n) is 5.89. The lowest BCUT2D eigenvalue weighted by molar-refractivity contribution is -0.0758. The fourth-order valence-corrected chi connectivity index (χ4v) is 4.03. The minimum absolute atomic E-state index is 0.0595. The summed E-state index contributed by atoms with van der Waals surface area (Å²) in [5.41, 5.74) is 1.63. The number of rotatable bonds is 9. The number of carboxylic acid groups (broad SMARTS) is 1. The van der Waals surface area contributed by atoms with Crippen molar-refractivity contribution >= 4 is 11.9 Å². The van der Waals surface area contributed by atoms with Crippen LogP contribution >= 0.6 is 0 Å². The Balaban J connectivity index is 2.19. The Kier molecular flexibility index (Phi) is 7.55. The van der Waals surface area contributed by atoms with Crippen molar-refractivity contribution in [3.63, 3.8) is 0 Å². The largest absolute Gasteiger partial charge is 0.493 e. The molecule has 1 aliphatic rings. The van der Waals surface area contributed by atoms with Gasteiger partial charge in [-0.3, -0.25) is 14.4 Å². The van der Waals surface area contributed by atoms with Gasteiger partial charge in [-0.15, -0.1) is 0 Å². The summed E-state index contributed by atoms with van der Waals surface area (Å²) in [6.45, 7) is 5.00. The molecule has 1 aliphatic heterocycles. The fourth-order valence-electron chi connectivity index (χ4n) is 4.03. The van der Waals surface area contributed by atoms with E-state index in [1.165, 1.54) is 26.4 Å². The van der Waals surface area contributed by atoms with Crippen LogP contribution in [0.15, 0.2) is 29.2 Å². The van der Waals surface area contributed by atoms with E-state index in [0.29, 0.717) is 48.6 Å². The lowest BCUT2D eigenvalue weighted by atomic mass is 9.86. The first-order valence-corrected chi connectivity index (χ1v) is 10.8. The van der Waals surface area contributed by atoms with Crippen molar-refractivity contribution in [1.82, 2.24) is 9.63 Å². The van der Waals surface area contributed by atoms with Crippen molar-refractivity contribution in [2.45, 2.75) is 32.7 Å². The van der Waals surface area contributed by atoms with Crippen LogP contribution in [0.4, 0.5) is 0 Å².